The Bertz CT molecular complexity index is 1410. The SMILES string of the molecule is O=c1c2c(-c3nc(C4(O)CCCC4)no3)ncn2c2cccc(Cl)c2n1CCN1CCOCC1. The van der Waals surface area contributed by atoms with Gasteiger partial charge in [-0.15, -0.1) is 0 Å². The number of aliphatic hydroxyl groups is 1. The number of aromatic nitrogens is 5. The van der Waals surface area contributed by atoms with Gasteiger partial charge in [0.05, 0.1) is 29.3 Å². The van der Waals surface area contributed by atoms with E-state index in [4.69, 9.17) is 20.9 Å². The van der Waals surface area contributed by atoms with E-state index in [0.717, 1.165) is 31.4 Å². The van der Waals surface area contributed by atoms with Gasteiger partial charge in [-0.3, -0.25) is 14.1 Å². The van der Waals surface area contributed by atoms with Crippen molar-refractivity contribution in [3.05, 3.63) is 45.7 Å². The predicted molar refractivity (Wildman–Crippen MR) is 125 cm³/mol. The molecule has 1 aromatic carbocycles. The molecule has 0 atom stereocenters. The van der Waals surface area contributed by atoms with E-state index in [1.165, 1.54) is 0 Å². The fourth-order valence-electron chi connectivity index (χ4n) is 5.06. The van der Waals surface area contributed by atoms with Crippen LogP contribution < -0.4 is 5.56 Å². The highest BCUT2D eigenvalue weighted by Crippen LogP contribution is 2.38. The molecule has 4 heterocycles. The highest BCUT2D eigenvalue weighted by atomic mass is 35.5. The van der Waals surface area contributed by atoms with Gasteiger partial charge in [0.15, 0.2) is 5.69 Å². The average molecular weight is 485 g/mol. The van der Waals surface area contributed by atoms with Crippen LogP contribution in [0.15, 0.2) is 33.8 Å². The Morgan fingerprint density at radius 1 is 1.12 bits per heavy atom. The van der Waals surface area contributed by atoms with E-state index in [9.17, 15) is 9.90 Å². The first-order chi connectivity index (χ1) is 16.5. The molecular weight excluding hydrogens is 460 g/mol. The molecule has 2 aliphatic rings. The molecule has 0 radical (unpaired) electrons. The molecule has 1 saturated heterocycles. The minimum Gasteiger partial charge on any atom is -0.382 e. The molecule has 6 rings (SSSR count). The van der Waals surface area contributed by atoms with E-state index < -0.39 is 5.60 Å². The quantitative estimate of drug-likeness (QED) is 0.460. The van der Waals surface area contributed by atoms with Crippen LogP contribution in [0.4, 0.5) is 0 Å². The number of hydrogen-bond donors (Lipinski definition) is 1. The number of nitrogens with zero attached hydrogens (tertiary/aromatic N) is 6. The number of imidazole rings is 1. The zero-order valence-electron chi connectivity index (χ0n) is 18.6. The highest BCUT2D eigenvalue weighted by molar-refractivity contribution is 6.35. The number of ether oxygens (including phenoxy) is 1. The van der Waals surface area contributed by atoms with Crippen LogP contribution in [0, 0.1) is 0 Å². The lowest BCUT2D eigenvalue weighted by Crippen LogP contribution is -2.39. The van der Waals surface area contributed by atoms with Gasteiger partial charge in [-0.25, -0.2) is 4.98 Å². The van der Waals surface area contributed by atoms with Gasteiger partial charge in [0.2, 0.25) is 5.82 Å². The van der Waals surface area contributed by atoms with Crippen molar-refractivity contribution >= 4 is 28.2 Å². The lowest BCUT2D eigenvalue weighted by molar-refractivity contribution is 0.0328. The molecule has 1 aliphatic carbocycles. The fourth-order valence-corrected chi connectivity index (χ4v) is 5.33. The third-order valence-corrected chi connectivity index (χ3v) is 7.23. The van der Waals surface area contributed by atoms with Gasteiger partial charge in [-0.2, -0.15) is 4.98 Å². The number of rotatable bonds is 5. The van der Waals surface area contributed by atoms with Gasteiger partial charge in [-0.05, 0) is 37.8 Å². The standard InChI is InChI=1S/C23H25ClN6O4/c24-15-4-3-5-16-18(15)29(9-8-28-10-12-33-13-11-28)21(31)19-17(25-14-30(16)19)20-26-22(27-34-20)23(32)6-1-2-7-23/h3-5,14,32H,1-2,6-13H2. The van der Waals surface area contributed by atoms with Crippen LogP contribution in [0.25, 0.3) is 28.1 Å². The molecule has 34 heavy (non-hydrogen) atoms. The summed E-state index contributed by atoms with van der Waals surface area (Å²) < 4.78 is 14.4. The Hall–Kier alpha value is -2.79. The molecule has 0 spiro atoms. The van der Waals surface area contributed by atoms with Crippen molar-refractivity contribution in [3.63, 3.8) is 0 Å². The summed E-state index contributed by atoms with van der Waals surface area (Å²) in [4.78, 5) is 25.0. The van der Waals surface area contributed by atoms with E-state index >= 15 is 0 Å². The minimum absolute atomic E-state index is 0.121. The van der Waals surface area contributed by atoms with Crippen LogP contribution in [0.2, 0.25) is 5.02 Å². The Labute approximate surface area is 199 Å². The highest BCUT2D eigenvalue weighted by Gasteiger charge is 2.38. The number of morpholine rings is 1. The van der Waals surface area contributed by atoms with Crippen molar-refractivity contribution in [2.75, 3.05) is 32.8 Å². The molecule has 1 saturated carbocycles. The summed E-state index contributed by atoms with van der Waals surface area (Å²) in [5, 5.41) is 15.4. The van der Waals surface area contributed by atoms with E-state index in [2.05, 4.69) is 20.0 Å². The van der Waals surface area contributed by atoms with E-state index in [-0.39, 0.29) is 17.3 Å². The normalized spacial score (nSPS) is 18.9. The first kappa shape index (κ1) is 21.7. The van der Waals surface area contributed by atoms with Crippen LogP contribution in [0.3, 0.4) is 0 Å². The Balaban J connectivity index is 1.48. The molecule has 0 bridgehead atoms. The van der Waals surface area contributed by atoms with Crippen molar-refractivity contribution in [3.8, 4) is 11.6 Å². The number of benzene rings is 1. The molecule has 3 aromatic heterocycles. The minimum atomic E-state index is -1.09. The van der Waals surface area contributed by atoms with Gasteiger partial charge >= 0.3 is 0 Å². The fraction of sp³-hybridized carbons (Fsp3) is 0.478. The summed E-state index contributed by atoms with van der Waals surface area (Å²) in [6.07, 6.45) is 4.58. The number of para-hydroxylation sites is 1. The van der Waals surface area contributed by atoms with Crippen molar-refractivity contribution in [2.45, 2.75) is 37.8 Å². The Morgan fingerprint density at radius 3 is 2.71 bits per heavy atom. The van der Waals surface area contributed by atoms with Crippen molar-refractivity contribution in [1.82, 2.24) is 29.0 Å². The predicted octanol–water partition coefficient (Wildman–Crippen LogP) is 2.45. The molecule has 1 N–H and O–H groups in total. The molecule has 4 aromatic rings. The Kier molecular flexibility index (Phi) is 5.40. The van der Waals surface area contributed by atoms with Crippen molar-refractivity contribution in [1.29, 1.82) is 0 Å². The first-order valence-corrected chi connectivity index (χ1v) is 12.0. The summed E-state index contributed by atoms with van der Waals surface area (Å²) >= 11 is 6.58. The van der Waals surface area contributed by atoms with Crippen LogP contribution in [-0.4, -0.2) is 66.9 Å². The lowest BCUT2D eigenvalue weighted by atomic mass is 10.0. The molecule has 178 valence electrons. The first-order valence-electron chi connectivity index (χ1n) is 11.6. The summed E-state index contributed by atoms with van der Waals surface area (Å²) in [5.74, 6) is 0.369. The monoisotopic (exact) mass is 484 g/mol. The van der Waals surface area contributed by atoms with E-state index in [1.54, 1.807) is 21.4 Å². The third kappa shape index (κ3) is 3.52. The van der Waals surface area contributed by atoms with Gasteiger partial charge < -0.3 is 18.9 Å². The number of fused-ring (bicyclic) bond motifs is 3. The van der Waals surface area contributed by atoms with Gasteiger partial charge in [0.25, 0.3) is 11.4 Å². The van der Waals surface area contributed by atoms with Crippen LogP contribution in [0.1, 0.15) is 31.5 Å². The summed E-state index contributed by atoms with van der Waals surface area (Å²) in [5.41, 5.74) is 0.733. The number of halogens is 1. The lowest BCUT2D eigenvalue weighted by Gasteiger charge is -2.27. The van der Waals surface area contributed by atoms with E-state index in [1.807, 2.05) is 12.1 Å². The average Bonchev–Trinajstić information content (AvgIpc) is 3.60. The van der Waals surface area contributed by atoms with Crippen LogP contribution >= 0.6 is 11.6 Å². The molecular formula is C23H25ClN6O4. The summed E-state index contributed by atoms with van der Waals surface area (Å²) in [6.45, 7) is 4.20. The molecule has 10 nitrogen and oxygen atoms in total. The van der Waals surface area contributed by atoms with Crippen molar-refractivity contribution < 1.29 is 14.4 Å². The van der Waals surface area contributed by atoms with Gasteiger partial charge in [-0.1, -0.05) is 22.8 Å². The maximum absolute atomic E-state index is 13.8. The molecule has 1 aliphatic heterocycles. The van der Waals surface area contributed by atoms with Crippen LogP contribution in [-0.2, 0) is 16.9 Å². The zero-order valence-corrected chi connectivity index (χ0v) is 19.4. The molecule has 0 amide bonds. The van der Waals surface area contributed by atoms with E-state index in [0.29, 0.717) is 60.9 Å². The zero-order chi connectivity index (χ0) is 23.3. The second-order valence-corrected chi connectivity index (χ2v) is 9.40. The van der Waals surface area contributed by atoms with Gasteiger partial charge in [0, 0.05) is 26.2 Å². The molecule has 2 fully saturated rings. The maximum atomic E-state index is 13.8. The molecule has 0 unspecified atom stereocenters. The second-order valence-electron chi connectivity index (χ2n) is 8.99. The van der Waals surface area contributed by atoms with Gasteiger partial charge in [0.1, 0.15) is 17.4 Å². The number of hydrogen-bond acceptors (Lipinski definition) is 8. The summed E-state index contributed by atoms with van der Waals surface area (Å²) in [7, 11) is 0. The van der Waals surface area contributed by atoms with Crippen molar-refractivity contribution in [2.24, 2.45) is 0 Å². The largest absolute Gasteiger partial charge is 0.382 e. The van der Waals surface area contributed by atoms with Crippen LogP contribution in [0.5, 0.6) is 0 Å². The topological polar surface area (TPSA) is 111 Å². The Morgan fingerprint density at radius 2 is 1.91 bits per heavy atom. The third-order valence-electron chi connectivity index (χ3n) is 6.93. The summed E-state index contributed by atoms with van der Waals surface area (Å²) in [6, 6.07) is 5.54. The smallest absolute Gasteiger partial charge is 0.279 e. The second kappa shape index (κ2) is 8.46. The maximum Gasteiger partial charge on any atom is 0.279 e. The molecule has 11 heteroatoms.